The summed E-state index contributed by atoms with van der Waals surface area (Å²) in [6.45, 7) is 6.07. The maximum atomic E-state index is 4.54. The first-order valence-corrected chi connectivity index (χ1v) is 6.68. The third kappa shape index (κ3) is 2.58. The first-order chi connectivity index (χ1) is 9.34. The van der Waals surface area contributed by atoms with Crippen LogP contribution in [-0.2, 0) is 0 Å². The minimum Gasteiger partial charge on any atom is -0.352 e. The van der Waals surface area contributed by atoms with Crippen LogP contribution in [0.25, 0.3) is 11.3 Å². The minimum absolute atomic E-state index is 0.976. The van der Waals surface area contributed by atoms with Crippen molar-refractivity contribution in [3.8, 4) is 11.3 Å². The molecule has 0 aliphatic carbocycles. The second kappa shape index (κ2) is 5.36. The SMILES string of the molecule is Cc1ccc(-c2nccnc2N2CCNCC2)cc1. The maximum Gasteiger partial charge on any atom is 0.155 e. The van der Waals surface area contributed by atoms with Crippen LogP contribution in [-0.4, -0.2) is 36.1 Å². The van der Waals surface area contributed by atoms with Crippen LogP contribution in [0.3, 0.4) is 0 Å². The second-order valence-corrected chi connectivity index (χ2v) is 4.83. The van der Waals surface area contributed by atoms with Crippen molar-refractivity contribution in [3.05, 3.63) is 42.2 Å². The molecule has 1 aliphatic heterocycles. The van der Waals surface area contributed by atoms with Crippen LogP contribution in [0.5, 0.6) is 0 Å². The Bertz CT molecular complexity index is 544. The first-order valence-electron chi connectivity index (χ1n) is 6.68. The van der Waals surface area contributed by atoms with Gasteiger partial charge in [-0.2, -0.15) is 0 Å². The number of benzene rings is 1. The van der Waals surface area contributed by atoms with Crippen molar-refractivity contribution >= 4 is 5.82 Å². The van der Waals surface area contributed by atoms with Gasteiger partial charge in [-0.25, -0.2) is 4.98 Å². The predicted octanol–water partition coefficient (Wildman–Crippen LogP) is 1.86. The summed E-state index contributed by atoms with van der Waals surface area (Å²) in [5.41, 5.74) is 3.37. The Kier molecular flexibility index (Phi) is 3.42. The molecule has 0 atom stereocenters. The lowest BCUT2D eigenvalue weighted by Crippen LogP contribution is -2.44. The van der Waals surface area contributed by atoms with Crippen molar-refractivity contribution in [2.24, 2.45) is 0 Å². The quantitative estimate of drug-likeness (QED) is 0.888. The predicted molar refractivity (Wildman–Crippen MR) is 77.3 cm³/mol. The fourth-order valence-electron chi connectivity index (χ4n) is 2.35. The van der Waals surface area contributed by atoms with E-state index in [2.05, 4.69) is 51.4 Å². The number of rotatable bonds is 2. The van der Waals surface area contributed by atoms with E-state index in [0.717, 1.165) is 43.3 Å². The van der Waals surface area contributed by atoms with E-state index in [9.17, 15) is 0 Å². The van der Waals surface area contributed by atoms with E-state index in [1.165, 1.54) is 5.56 Å². The van der Waals surface area contributed by atoms with Crippen molar-refractivity contribution < 1.29 is 0 Å². The zero-order chi connectivity index (χ0) is 13.1. The molecule has 0 saturated carbocycles. The summed E-state index contributed by atoms with van der Waals surface area (Å²) in [5, 5.41) is 3.36. The number of nitrogens with zero attached hydrogens (tertiary/aromatic N) is 3. The number of aromatic nitrogens is 2. The molecule has 2 aromatic rings. The van der Waals surface area contributed by atoms with E-state index in [1.54, 1.807) is 12.4 Å². The zero-order valence-electron chi connectivity index (χ0n) is 11.1. The Balaban J connectivity index is 1.98. The smallest absolute Gasteiger partial charge is 0.155 e. The molecule has 1 aromatic heterocycles. The van der Waals surface area contributed by atoms with E-state index < -0.39 is 0 Å². The Hall–Kier alpha value is -1.94. The van der Waals surface area contributed by atoms with Gasteiger partial charge in [0.05, 0.1) is 0 Å². The maximum absolute atomic E-state index is 4.54. The molecular formula is C15H18N4. The van der Waals surface area contributed by atoms with Gasteiger partial charge in [-0.3, -0.25) is 4.98 Å². The third-order valence-electron chi connectivity index (χ3n) is 3.42. The Labute approximate surface area is 113 Å². The van der Waals surface area contributed by atoms with Gasteiger partial charge >= 0.3 is 0 Å². The molecule has 98 valence electrons. The first kappa shape index (κ1) is 12.1. The normalized spacial score (nSPS) is 15.5. The molecule has 1 saturated heterocycles. The summed E-state index contributed by atoms with van der Waals surface area (Å²) in [6.07, 6.45) is 3.54. The molecule has 0 amide bonds. The summed E-state index contributed by atoms with van der Waals surface area (Å²) >= 11 is 0. The highest BCUT2D eigenvalue weighted by molar-refractivity contribution is 5.72. The summed E-state index contributed by atoms with van der Waals surface area (Å²) in [7, 11) is 0. The highest BCUT2D eigenvalue weighted by Crippen LogP contribution is 2.26. The molecule has 0 spiro atoms. The van der Waals surface area contributed by atoms with Crippen molar-refractivity contribution in [2.45, 2.75) is 6.92 Å². The van der Waals surface area contributed by atoms with Gasteiger partial charge in [0.1, 0.15) is 5.69 Å². The highest BCUT2D eigenvalue weighted by Gasteiger charge is 2.16. The largest absolute Gasteiger partial charge is 0.352 e. The zero-order valence-corrected chi connectivity index (χ0v) is 11.1. The van der Waals surface area contributed by atoms with Gasteiger partial charge in [0.25, 0.3) is 0 Å². The summed E-state index contributed by atoms with van der Waals surface area (Å²) < 4.78 is 0. The lowest BCUT2D eigenvalue weighted by atomic mass is 10.1. The standard InChI is InChI=1S/C15H18N4/c1-12-2-4-13(5-3-12)14-15(18-7-6-17-14)19-10-8-16-9-11-19/h2-7,16H,8-11H2,1H3. The van der Waals surface area contributed by atoms with Crippen molar-refractivity contribution in [1.82, 2.24) is 15.3 Å². The van der Waals surface area contributed by atoms with Crippen LogP contribution in [0.1, 0.15) is 5.56 Å². The number of hydrogen-bond acceptors (Lipinski definition) is 4. The van der Waals surface area contributed by atoms with Crippen LogP contribution in [0.2, 0.25) is 0 Å². The fourth-order valence-corrected chi connectivity index (χ4v) is 2.35. The Morgan fingerprint density at radius 2 is 1.68 bits per heavy atom. The Morgan fingerprint density at radius 3 is 2.42 bits per heavy atom. The molecule has 1 N–H and O–H groups in total. The van der Waals surface area contributed by atoms with Crippen molar-refractivity contribution in [2.75, 3.05) is 31.1 Å². The van der Waals surface area contributed by atoms with Gasteiger partial charge in [-0.15, -0.1) is 0 Å². The summed E-state index contributed by atoms with van der Waals surface area (Å²) in [4.78, 5) is 11.4. The van der Waals surface area contributed by atoms with Crippen LogP contribution in [0.15, 0.2) is 36.7 Å². The van der Waals surface area contributed by atoms with E-state index in [1.807, 2.05) is 0 Å². The molecule has 1 aromatic carbocycles. The molecule has 2 heterocycles. The molecule has 0 radical (unpaired) electrons. The molecule has 4 heteroatoms. The highest BCUT2D eigenvalue weighted by atomic mass is 15.2. The van der Waals surface area contributed by atoms with E-state index in [4.69, 9.17) is 0 Å². The number of hydrogen-bond donors (Lipinski definition) is 1. The van der Waals surface area contributed by atoms with E-state index in [-0.39, 0.29) is 0 Å². The number of nitrogens with one attached hydrogen (secondary N) is 1. The van der Waals surface area contributed by atoms with Crippen LogP contribution in [0.4, 0.5) is 5.82 Å². The lowest BCUT2D eigenvalue weighted by molar-refractivity contribution is 0.585. The van der Waals surface area contributed by atoms with Gasteiger partial charge in [-0.05, 0) is 6.92 Å². The van der Waals surface area contributed by atoms with Crippen molar-refractivity contribution in [3.63, 3.8) is 0 Å². The van der Waals surface area contributed by atoms with E-state index >= 15 is 0 Å². The van der Waals surface area contributed by atoms with Crippen LogP contribution in [0, 0.1) is 6.92 Å². The molecule has 3 rings (SSSR count). The van der Waals surface area contributed by atoms with Crippen LogP contribution < -0.4 is 10.2 Å². The van der Waals surface area contributed by atoms with E-state index in [0.29, 0.717) is 0 Å². The van der Waals surface area contributed by atoms with Gasteiger partial charge in [0, 0.05) is 44.1 Å². The van der Waals surface area contributed by atoms with Gasteiger partial charge in [0.15, 0.2) is 5.82 Å². The third-order valence-corrected chi connectivity index (χ3v) is 3.42. The number of piperazine rings is 1. The molecule has 19 heavy (non-hydrogen) atoms. The fraction of sp³-hybridized carbons (Fsp3) is 0.333. The molecule has 0 unspecified atom stereocenters. The minimum atomic E-state index is 0.976. The average Bonchev–Trinajstić information content (AvgIpc) is 2.49. The van der Waals surface area contributed by atoms with Gasteiger partial charge in [0.2, 0.25) is 0 Å². The lowest BCUT2D eigenvalue weighted by Gasteiger charge is -2.29. The number of aryl methyl sites for hydroxylation is 1. The summed E-state index contributed by atoms with van der Waals surface area (Å²) in [6, 6.07) is 8.47. The van der Waals surface area contributed by atoms with Crippen LogP contribution >= 0.6 is 0 Å². The summed E-state index contributed by atoms with van der Waals surface area (Å²) in [5.74, 6) is 0.993. The molecule has 1 aliphatic rings. The Morgan fingerprint density at radius 1 is 1.00 bits per heavy atom. The molecule has 1 fully saturated rings. The van der Waals surface area contributed by atoms with Gasteiger partial charge < -0.3 is 10.2 Å². The monoisotopic (exact) mass is 254 g/mol. The second-order valence-electron chi connectivity index (χ2n) is 4.83. The average molecular weight is 254 g/mol. The molecular weight excluding hydrogens is 236 g/mol. The van der Waals surface area contributed by atoms with Gasteiger partial charge in [-0.1, -0.05) is 29.8 Å². The van der Waals surface area contributed by atoms with Crippen molar-refractivity contribution in [1.29, 1.82) is 0 Å². The molecule has 4 nitrogen and oxygen atoms in total. The molecule has 0 bridgehead atoms. The topological polar surface area (TPSA) is 41.1 Å². The number of anilines is 1.